The largest absolute Gasteiger partial charge is 0.477 e. The molecule has 0 saturated heterocycles. The van der Waals surface area contributed by atoms with Crippen molar-refractivity contribution in [3.8, 4) is 5.88 Å². The third-order valence-electron chi connectivity index (χ3n) is 2.73. The molecule has 0 unspecified atom stereocenters. The van der Waals surface area contributed by atoms with Crippen molar-refractivity contribution >= 4 is 5.82 Å². The fourth-order valence-corrected chi connectivity index (χ4v) is 1.68. The SMILES string of the molecule is C=C(C)CCOc1nc(CCC)nc(NCC)c1C. The molecule has 1 aromatic heterocycles. The van der Waals surface area contributed by atoms with Gasteiger partial charge in [-0.25, -0.2) is 4.98 Å². The molecule has 0 aliphatic rings. The van der Waals surface area contributed by atoms with Crippen molar-refractivity contribution in [2.24, 2.45) is 0 Å². The van der Waals surface area contributed by atoms with Crippen LogP contribution in [0.1, 0.15) is 45.0 Å². The molecule has 0 bridgehead atoms. The zero-order valence-corrected chi connectivity index (χ0v) is 12.5. The molecule has 4 heteroatoms. The monoisotopic (exact) mass is 263 g/mol. The van der Waals surface area contributed by atoms with Crippen LogP contribution in [0.2, 0.25) is 0 Å². The van der Waals surface area contributed by atoms with Gasteiger partial charge in [-0.2, -0.15) is 4.98 Å². The van der Waals surface area contributed by atoms with Gasteiger partial charge in [-0.05, 0) is 27.2 Å². The van der Waals surface area contributed by atoms with Crippen LogP contribution in [0, 0.1) is 6.92 Å². The number of hydrogen-bond acceptors (Lipinski definition) is 4. The molecule has 0 fully saturated rings. The summed E-state index contributed by atoms with van der Waals surface area (Å²) >= 11 is 0. The van der Waals surface area contributed by atoms with E-state index in [1.165, 1.54) is 0 Å². The van der Waals surface area contributed by atoms with Gasteiger partial charge in [-0.3, -0.25) is 0 Å². The quantitative estimate of drug-likeness (QED) is 0.729. The number of rotatable bonds is 8. The van der Waals surface area contributed by atoms with E-state index in [2.05, 4.69) is 35.7 Å². The highest BCUT2D eigenvalue weighted by Gasteiger charge is 2.11. The standard InChI is InChI=1S/C15H25N3O/c1-6-8-13-17-14(16-7-2)12(5)15(18-13)19-10-9-11(3)4/h3,6-10H2,1-2,4-5H3,(H,16,17,18). The molecule has 0 aliphatic heterocycles. The molecule has 0 saturated carbocycles. The van der Waals surface area contributed by atoms with Crippen molar-refractivity contribution in [1.82, 2.24) is 9.97 Å². The van der Waals surface area contributed by atoms with E-state index in [1.807, 2.05) is 13.8 Å². The summed E-state index contributed by atoms with van der Waals surface area (Å²) in [6, 6.07) is 0. The molecule has 1 N–H and O–H groups in total. The Morgan fingerprint density at radius 1 is 1.32 bits per heavy atom. The molecule has 0 atom stereocenters. The van der Waals surface area contributed by atoms with E-state index in [1.54, 1.807) is 0 Å². The third-order valence-corrected chi connectivity index (χ3v) is 2.73. The minimum atomic E-state index is 0.615. The summed E-state index contributed by atoms with van der Waals surface area (Å²) in [7, 11) is 0. The lowest BCUT2D eigenvalue weighted by Crippen LogP contribution is -2.10. The van der Waals surface area contributed by atoms with Crippen LogP contribution in [0.4, 0.5) is 5.82 Å². The molecule has 0 spiro atoms. The number of anilines is 1. The first-order valence-electron chi connectivity index (χ1n) is 6.97. The van der Waals surface area contributed by atoms with Crippen molar-refractivity contribution < 1.29 is 4.74 Å². The highest BCUT2D eigenvalue weighted by molar-refractivity contribution is 5.48. The van der Waals surface area contributed by atoms with Gasteiger partial charge in [0, 0.05) is 19.4 Å². The van der Waals surface area contributed by atoms with Gasteiger partial charge in [0.05, 0.1) is 12.2 Å². The highest BCUT2D eigenvalue weighted by Crippen LogP contribution is 2.22. The van der Waals surface area contributed by atoms with Crippen LogP contribution in [-0.4, -0.2) is 23.1 Å². The molecule has 0 amide bonds. The Morgan fingerprint density at radius 3 is 2.63 bits per heavy atom. The van der Waals surface area contributed by atoms with E-state index in [0.29, 0.717) is 12.5 Å². The van der Waals surface area contributed by atoms with Crippen molar-refractivity contribution in [2.75, 3.05) is 18.5 Å². The van der Waals surface area contributed by atoms with Gasteiger partial charge in [0.2, 0.25) is 5.88 Å². The maximum Gasteiger partial charge on any atom is 0.221 e. The Bertz CT molecular complexity index is 430. The van der Waals surface area contributed by atoms with E-state index in [4.69, 9.17) is 4.74 Å². The van der Waals surface area contributed by atoms with Crippen LogP contribution in [0.25, 0.3) is 0 Å². The summed E-state index contributed by atoms with van der Waals surface area (Å²) in [6.07, 6.45) is 2.75. The molecular formula is C15H25N3O. The Labute approximate surface area is 116 Å². The van der Waals surface area contributed by atoms with Crippen LogP contribution < -0.4 is 10.1 Å². The Morgan fingerprint density at radius 2 is 2.05 bits per heavy atom. The van der Waals surface area contributed by atoms with Crippen molar-refractivity contribution in [3.05, 3.63) is 23.5 Å². The first kappa shape index (κ1) is 15.5. The summed E-state index contributed by atoms with van der Waals surface area (Å²) < 4.78 is 5.77. The number of hydrogen-bond donors (Lipinski definition) is 1. The summed E-state index contributed by atoms with van der Waals surface area (Å²) in [5.74, 6) is 2.41. The van der Waals surface area contributed by atoms with Crippen LogP contribution in [0.5, 0.6) is 5.88 Å². The van der Waals surface area contributed by atoms with E-state index in [-0.39, 0.29) is 0 Å². The highest BCUT2D eigenvalue weighted by atomic mass is 16.5. The average molecular weight is 263 g/mol. The van der Waals surface area contributed by atoms with Crippen molar-refractivity contribution in [1.29, 1.82) is 0 Å². The van der Waals surface area contributed by atoms with Gasteiger partial charge >= 0.3 is 0 Å². The van der Waals surface area contributed by atoms with Gasteiger partial charge in [0.15, 0.2) is 0 Å². The predicted octanol–water partition coefficient (Wildman–Crippen LogP) is 3.51. The van der Waals surface area contributed by atoms with E-state index < -0.39 is 0 Å². The van der Waals surface area contributed by atoms with Crippen LogP contribution >= 0.6 is 0 Å². The lowest BCUT2D eigenvalue weighted by atomic mass is 10.2. The van der Waals surface area contributed by atoms with Gasteiger partial charge in [-0.15, -0.1) is 6.58 Å². The van der Waals surface area contributed by atoms with Crippen LogP contribution in [0.3, 0.4) is 0 Å². The van der Waals surface area contributed by atoms with Crippen molar-refractivity contribution in [2.45, 2.75) is 47.0 Å². The predicted molar refractivity (Wildman–Crippen MR) is 79.9 cm³/mol. The van der Waals surface area contributed by atoms with Crippen LogP contribution in [-0.2, 0) is 6.42 Å². The second kappa shape index (κ2) is 7.77. The molecule has 1 rings (SSSR count). The molecule has 1 heterocycles. The van der Waals surface area contributed by atoms with Gasteiger partial charge in [-0.1, -0.05) is 12.5 Å². The second-order valence-electron chi connectivity index (χ2n) is 4.75. The molecule has 106 valence electrons. The lowest BCUT2D eigenvalue weighted by molar-refractivity contribution is 0.305. The number of aryl methyl sites for hydroxylation is 1. The zero-order valence-electron chi connectivity index (χ0n) is 12.5. The summed E-state index contributed by atoms with van der Waals surface area (Å²) in [5, 5.41) is 3.27. The van der Waals surface area contributed by atoms with Gasteiger partial charge in [0.25, 0.3) is 0 Å². The molecule has 1 aromatic rings. The first-order chi connectivity index (χ1) is 9.08. The molecule has 0 aliphatic carbocycles. The summed E-state index contributed by atoms with van der Waals surface area (Å²) in [6.45, 7) is 13.5. The van der Waals surface area contributed by atoms with Crippen molar-refractivity contribution in [3.63, 3.8) is 0 Å². The second-order valence-corrected chi connectivity index (χ2v) is 4.75. The van der Waals surface area contributed by atoms with Gasteiger partial charge < -0.3 is 10.1 Å². The first-order valence-corrected chi connectivity index (χ1v) is 6.97. The number of aromatic nitrogens is 2. The number of nitrogens with one attached hydrogen (secondary N) is 1. The lowest BCUT2D eigenvalue weighted by Gasteiger charge is -2.13. The Kier molecular flexibility index (Phi) is 6.33. The number of ether oxygens (including phenoxy) is 1. The normalized spacial score (nSPS) is 10.3. The van der Waals surface area contributed by atoms with E-state index in [9.17, 15) is 0 Å². The van der Waals surface area contributed by atoms with Gasteiger partial charge in [0.1, 0.15) is 11.6 Å². The number of nitrogens with zero attached hydrogens (tertiary/aromatic N) is 2. The minimum absolute atomic E-state index is 0.615. The molecule has 19 heavy (non-hydrogen) atoms. The Balaban J connectivity index is 2.89. The molecule has 4 nitrogen and oxygen atoms in total. The fourth-order valence-electron chi connectivity index (χ4n) is 1.68. The summed E-state index contributed by atoms with van der Waals surface area (Å²) in [4.78, 5) is 9.03. The third kappa shape index (κ3) is 4.89. The summed E-state index contributed by atoms with van der Waals surface area (Å²) in [5.41, 5.74) is 2.09. The minimum Gasteiger partial charge on any atom is -0.477 e. The molecule has 0 radical (unpaired) electrons. The molecular weight excluding hydrogens is 238 g/mol. The van der Waals surface area contributed by atoms with E-state index >= 15 is 0 Å². The average Bonchev–Trinajstić information content (AvgIpc) is 2.34. The van der Waals surface area contributed by atoms with Crippen LogP contribution in [0.15, 0.2) is 12.2 Å². The molecule has 0 aromatic carbocycles. The smallest absolute Gasteiger partial charge is 0.221 e. The maximum absolute atomic E-state index is 5.77. The topological polar surface area (TPSA) is 47.0 Å². The zero-order chi connectivity index (χ0) is 14.3. The maximum atomic E-state index is 5.77. The Hall–Kier alpha value is -1.58. The van der Waals surface area contributed by atoms with E-state index in [0.717, 1.165) is 48.6 Å². The fraction of sp³-hybridized carbons (Fsp3) is 0.600.